The zero-order valence-electron chi connectivity index (χ0n) is 7.95. The lowest BCUT2D eigenvalue weighted by atomic mass is 10.0. The fourth-order valence-electron chi connectivity index (χ4n) is 1.25. The van der Waals surface area contributed by atoms with Gasteiger partial charge in [-0.25, -0.2) is 4.98 Å². The second-order valence-electron chi connectivity index (χ2n) is 3.45. The molecule has 0 unspecified atom stereocenters. The standard InChI is InChI=1S/C9H12N2O2S/c1-6-5-14-9(10-6)11-8(12)2-7-3-13-4-7/h5,7H,2-4H2,1H3,(H,10,11,12). The van der Waals surface area contributed by atoms with Crippen LogP contribution in [0.1, 0.15) is 12.1 Å². The van der Waals surface area contributed by atoms with E-state index in [2.05, 4.69) is 10.3 Å². The van der Waals surface area contributed by atoms with Gasteiger partial charge in [0.15, 0.2) is 5.13 Å². The SMILES string of the molecule is Cc1csc(NC(=O)CC2COC2)n1. The van der Waals surface area contributed by atoms with E-state index in [4.69, 9.17) is 4.74 Å². The van der Waals surface area contributed by atoms with Crippen LogP contribution in [0.5, 0.6) is 0 Å². The van der Waals surface area contributed by atoms with E-state index in [-0.39, 0.29) is 5.91 Å². The Morgan fingerprint density at radius 2 is 2.57 bits per heavy atom. The highest BCUT2D eigenvalue weighted by Crippen LogP contribution is 2.18. The number of thiazole rings is 1. The summed E-state index contributed by atoms with van der Waals surface area (Å²) in [7, 11) is 0. The Labute approximate surface area is 86.3 Å². The molecule has 76 valence electrons. The molecule has 2 heterocycles. The van der Waals surface area contributed by atoms with Crippen LogP contribution < -0.4 is 5.32 Å². The summed E-state index contributed by atoms with van der Waals surface area (Å²) in [4.78, 5) is 15.6. The van der Waals surface area contributed by atoms with Gasteiger partial charge in [0, 0.05) is 17.7 Å². The number of nitrogens with zero attached hydrogens (tertiary/aromatic N) is 1. The van der Waals surface area contributed by atoms with Crippen LogP contribution in [0.2, 0.25) is 0 Å². The van der Waals surface area contributed by atoms with E-state index in [0.29, 0.717) is 30.7 Å². The van der Waals surface area contributed by atoms with E-state index in [1.165, 1.54) is 11.3 Å². The maximum Gasteiger partial charge on any atom is 0.226 e. The quantitative estimate of drug-likeness (QED) is 0.824. The van der Waals surface area contributed by atoms with Gasteiger partial charge in [-0.15, -0.1) is 11.3 Å². The summed E-state index contributed by atoms with van der Waals surface area (Å²) in [5, 5.41) is 5.38. The maximum atomic E-state index is 11.4. The zero-order chi connectivity index (χ0) is 9.97. The van der Waals surface area contributed by atoms with Gasteiger partial charge < -0.3 is 10.1 Å². The minimum absolute atomic E-state index is 0.0349. The first-order chi connectivity index (χ1) is 6.74. The molecule has 1 N–H and O–H groups in total. The monoisotopic (exact) mass is 212 g/mol. The number of anilines is 1. The third-order valence-corrected chi connectivity index (χ3v) is 2.92. The lowest BCUT2D eigenvalue weighted by Crippen LogP contribution is -2.31. The molecule has 14 heavy (non-hydrogen) atoms. The smallest absolute Gasteiger partial charge is 0.226 e. The van der Waals surface area contributed by atoms with Gasteiger partial charge in [0.2, 0.25) is 5.91 Å². The fourth-order valence-corrected chi connectivity index (χ4v) is 1.95. The van der Waals surface area contributed by atoms with Crippen LogP contribution in [0.4, 0.5) is 5.13 Å². The van der Waals surface area contributed by atoms with E-state index >= 15 is 0 Å². The summed E-state index contributed by atoms with van der Waals surface area (Å²) in [5.74, 6) is 0.434. The third kappa shape index (κ3) is 2.30. The Kier molecular flexibility index (Phi) is 2.79. The van der Waals surface area contributed by atoms with Crippen molar-refractivity contribution in [2.24, 2.45) is 5.92 Å². The average molecular weight is 212 g/mol. The number of carbonyl (C=O) groups excluding carboxylic acids is 1. The predicted molar refractivity (Wildman–Crippen MR) is 54.4 cm³/mol. The van der Waals surface area contributed by atoms with Crippen molar-refractivity contribution in [3.05, 3.63) is 11.1 Å². The summed E-state index contributed by atoms with van der Waals surface area (Å²) in [6.45, 7) is 3.33. The summed E-state index contributed by atoms with van der Waals surface area (Å²) in [5.41, 5.74) is 0.942. The Balaban J connectivity index is 1.81. The van der Waals surface area contributed by atoms with Gasteiger partial charge in [0.1, 0.15) is 0 Å². The number of nitrogens with one attached hydrogen (secondary N) is 1. The fraction of sp³-hybridized carbons (Fsp3) is 0.556. The molecule has 1 fully saturated rings. The van der Waals surface area contributed by atoms with Gasteiger partial charge in [-0.05, 0) is 6.92 Å². The van der Waals surface area contributed by atoms with Crippen molar-refractivity contribution in [1.82, 2.24) is 4.98 Å². The van der Waals surface area contributed by atoms with Crippen LogP contribution >= 0.6 is 11.3 Å². The average Bonchev–Trinajstić information content (AvgIpc) is 2.44. The molecule has 1 aliphatic rings. The van der Waals surface area contributed by atoms with Crippen molar-refractivity contribution < 1.29 is 9.53 Å². The van der Waals surface area contributed by atoms with E-state index in [9.17, 15) is 4.79 Å². The van der Waals surface area contributed by atoms with Crippen molar-refractivity contribution in [3.63, 3.8) is 0 Å². The number of hydrogen-bond donors (Lipinski definition) is 1. The number of rotatable bonds is 3. The van der Waals surface area contributed by atoms with Crippen molar-refractivity contribution in [3.8, 4) is 0 Å². The Morgan fingerprint density at radius 3 is 3.07 bits per heavy atom. The lowest BCUT2D eigenvalue weighted by molar-refractivity contribution is -0.121. The molecular weight excluding hydrogens is 200 g/mol. The molecule has 0 radical (unpaired) electrons. The van der Waals surface area contributed by atoms with Crippen LogP contribution in [0.3, 0.4) is 0 Å². The van der Waals surface area contributed by atoms with Crippen LogP contribution in [-0.2, 0) is 9.53 Å². The molecule has 5 heteroatoms. The molecule has 1 aromatic rings. The van der Waals surface area contributed by atoms with Crippen molar-refractivity contribution >= 4 is 22.4 Å². The van der Waals surface area contributed by atoms with Gasteiger partial charge in [-0.1, -0.05) is 0 Å². The Morgan fingerprint density at radius 1 is 1.79 bits per heavy atom. The lowest BCUT2D eigenvalue weighted by Gasteiger charge is -2.24. The minimum atomic E-state index is 0.0349. The molecule has 1 aliphatic heterocycles. The summed E-state index contributed by atoms with van der Waals surface area (Å²) < 4.78 is 5.00. The van der Waals surface area contributed by atoms with Gasteiger partial charge >= 0.3 is 0 Å². The Bertz CT molecular complexity index is 333. The number of aryl methyl sites for hydroxylation is 1. The third-order valence-electron chi connectivity index (χ3n) is 2.05. The van der Waals surface area contributed by atoms with Gasteiger partial charge in [-0.2, -0.15) is 0 Å². The number of aromatic nitrogens is 1. The predicted octanol–water partition coefficient (Wildman–Crippen LogP) is 1.43. The second-order valence-corrected chi connectivity index (χ2v) is 4.31. The first-order valence-electron chi connectivity index (χ1n) is 4.54. The molecule has 2 rings (SSSR count). The first kappa shape index (κ1) is 9.61. The largest absolute Gasteiger partial charge is 0.381 e. The summed E-state index contributed by atoms with van der Waals surface area (Å²) in [6.07, 6.45) is 0.540. The van der Waals surface area contributed by atoms with E-state index in [0.717, 1.165) is 5.69 Å². The maximum absolute atomic E-state index is 11.4. The topological polar surface area (TPSA) is 51.2 Å². The van der Waals surface area contributed by atoms with Crippen LogP contribution in [-0.4, -0.2) is 24.1 Å². The molecule has 0 saturated carbocycles. The zero-order valence-corrected chi connectivity index (χ0v) is 8.76. The molecule has 0 spiro atoms. The molecule has 4 nitrogen and oxygen atoms in total. The minimum Gasteiger partial charge on any atom is -0.381 e. The normalized spacial score (nSPS) is 16.4. The number of carbonyl (C=O) groups is 1. The molecular formula is C9H12N2O2S. The van der Waals surface area contributed by atoms with E-state index < -0.39 is 0 Å². The number of amides is 1. The highest BCUT2D eigenvalue weighted by Gasteiger charge is 2.21. The van der Waals surface area contributed by atoms with Gasteiger partial charge in [0.05, 0.1) is 18.9 Å². The van der Waals surface area contributed by atoms with Crippen molar-refractivity contribution in [2.75, 3.05) is 18.5 Å². The second kappa shape index (κ2) is 4.06. The van der Waals surface area contributed by atoms with Gasteiger partial charge in [-0.3, -0.25) is 4.79 Å². The highest BCUT2D eigenvalue weighted by atomic mass is 32.1. The molecule has 0 aliphatic carbocycles. The first-order valence-corrected chi connectivity index (χ1v) is 5.42. The van der Waals surface area contributed by atoms with E-state index in [1.807, 2.05) is 12.3 Å². The van der Waals surface area contributed by atoms with Crippen LogP contribution in [0, 0.1) is 12.8 Å². The molecule has 0 aromatic carbocycles. The van der Waals surface area contributed by atoms with Gasteiger partial charge in [0.25, 0.3) is 0 Å². The van der Waals surface area contributed by atoms with Crippen LogP contribution in [0.15, 0.2) is 5.38 Å². The molecule has 1 saturated heterocycles. The summed E-state index contributed by atoms with van der Waals surface area (Å²) >= 11 is 1.46. The molecule has 0 bridgehead atoms. The number of ether oxygens (including phenoxy) is 1. The molecule has 0 atom stereocenters. The van der Waals surface area contributed by atoms with Crippen molar-refractivity contribution in [1.29, 1.82) is 0 Å². The molecule has 1 amide bonds. The molecule has 1 aromatic heterocycles. The van der Waals surface area contributed by atoms with Crippen molar-refractivity contribution in [2.45, 2.75) is 13.3 Å². The highest BCUT2D eigenvalue weighted by molar-refractivity contribution is 7.13. The number of hydrogen-bond acceptors (Lipinski definition) is 4. The Hall–Kier alpha value is -0.940. The summed E-state index contributed by atoms with van der Waals surface area (Å²) in [6, 6.07) is 0. The van der Waals surface area contributed by atoms with E-state index in [1.54, 1.807) is 0 Å². The van der Waals surface area contributed by atoms with Crippen LogP contribution in [0.25, 0.3) is 0 Å².